The Kier molecular flexibility index (Phi) is 6.95. The zero-order chi connectivity index (χ0) is 18.4. The summed E-state index contributed by atoms with van der Waals surface area (Å²) in [5.41, 5.74) is 2.41. The van der Waals surface area contributed by atoms with Gasteiger partial charge < -0.3 is 5.32 Å². The average Bonchev–Trinajstić information content (AvgIpc) is 2.51. The first-order valence-electron chi connectivity index (χ1n) is 7.98. The smallest absolute Gasteiger partial charge is 0.216 e. The molecular formula is C18H22ClFN2O2S. The lowest BCUT2D eigenvalue weighted by Crippen LogP contribution is -2.31. The molecule has 0 saturated heterocycles. The molecule has 0 atom stereocenters. The standard InChI is InChI=1S/C18H22ClFN2O2S/c1-13(2)22-25(23,24)12-16-6-4-3-5-15(16)11-21-10-14-7-8-17(19)18(20)9-14/h3-9,13,21-22H,10-12H2,1-2H3. The van der Waals surface area contributed by atoms with E-state index in [1.807, 2.05) is 18.2 Å². The minimum absolute atomic E-state index is 0.0708. The first-order chi connectivity index (χ1) is 11.8. The first-order valence-corrected chi connectivity index (χ1v) is 10.0. The molecule has 2 aromatic rings. The molecule has 0 unspecified atom stereocenters. The molecular weight excluding hydrogens is 363 g/mol. The number of halogens is 2. The molecule has 2 N–H and O–H groups in total. The minimum Gasteiger partial charge on any atom is -0.309 e. The Morgan fingerprint density at radius 1 is 1.08 bits per heavy atom. The Morgan fingerprint density at radius 3 is 2.40 bits per heavy atom. The van der Waals surface area contributed by atoms with Crippen LogP contribution in [0.15, 0.2) is 42.5 Å². The second kappa shape index (κ2) is 8.76. The van der Waals surface area contributed by atoms with Gasteiger partial charge in [-0.3, -0.25) is 0 Å². The maximum atomic E-state index is 13.5. The van der Waals surface area contributed by atoms with Crippen molar-refractivity contribution in [2.24, 2.45) is 0 Å². The summed E-state index contributed by atoms with van der Waals surface area (Å²) >= 11 is 5.67. The van der Waals surface area contributed by atoms with Gasteiger partial charge in [-0.2, -0.15) is 0 Å². The van der Waals surface area contributed by atoms with E-state index in [1.54, 1.807) is 26.0 Å². The van der Waals surface area contributed by atoms with Gasteiger partial charge in [0, 0.05) is 19.1 Å². The summed E-state index contributed by atoms with van der Waals surface area (Å²) in [6, 6.07) is 11.9. The fraction of sp³-hybridized carbons (Fsp3) is 0.333. The minimum atomic E-state index is -3.39. The Labute approximate surface area is 153 Å². The fourth-order valence-electron chi connectivity index (χ4n) is 2.47. The summed E-state index contributed by atoms with van der Waals surface area (Å²) in [4.78, 5) is 0. The molecule has 136 valence electrons. The van der Waals surface area contributed by atoms with E-state index in [4.69, 9.17) is 11.6 Å². The molecule has 0 heterocycles. The van der Waals surface area contributed by atoms with Crippen LogP contribution in [-0.2, 0) is 28.9 Å². The molecule has 25 heavy (non-hydrogen) atoms. The molecule has 2 rings (SSSR count). The number of nitrogens with one attached hydrogen (secondary N) is 2. The molecule has 0 saturated carbocycles. The van der Waals surface area contributed by atoms with E-state index >= 15 is 0 Å². The van der Waals surface area contributed by atoms with Crippen LogP contribution in [0.2, 0.25) is 5.02 Å². The van der Waals surface area contributed by atoms with E-state index in [9.17, 15) is 12.8 Å². The van der Waals surface area contributed by atoms with Gasteiger partial charge in [-0.1, -0.05) is 41.9 Å². The molecule has 0 aromatic heterocycles. The van der Waals surface area contributed by atoms with Gasteiger partial charge in [0.25, 0.3) is 0 Å². The van der Waals surface area contributed by atoms with Gasteiger partial charge in [0.05, 0.1) is 10.8 Å². The van der Waals surface area contributed by atoms with Crippen LogP contribution in [0.1, 0.15) is 30.5 Å². The molecule has 0 aliphatic heterocycles. The predicted molar refractivity (Wildman–Crippen MR) is 99.3 cm³/mol. The van der Waals surface area contributed by atoms with Crippen LogP contribution in [0, 0.1) is 5.82 Å². The van der Waals surface area contributed by atoms with Crippen LogP contribution >= 0.6 is 11.6 Å². The second-order valence-electron chi connectivity index (χ2n) is 6.15. The van der Waals surface area contributed by atoms with E-state index in [0.29, 0.717) is 13.1 Å². The Morgan fingerprint density at radius 2 is 1.76 bits per heavy atom. The number of hydrogen-bond acceptors (Lipinski definition) is 3. The summed E-state index contributed by atoms with van der Waals surface area (Å²) in [6.45, 7) is 4.52. The molecule has 7 heteroatoms. The predicted octanol–water partition coefficient (Wildman–Crippen LogP) is 3.60. The maximum Gasteiger partial charge on any atom is 0.216 e. The van der Waals surface area contributed by atoms with Crippen molar-refractivity contribution in [2.75, 3.05) is 0 Å². The Balaban J connectivity index is 2.01. The summed E-state index contributed by atoms with van der Waals surface area (Å²) < 4.78 is 40.3. The van der Waals surface area contributed by atoms with Gasteiger partial charge in [-0.15, -0.1) is 0 Å². The first kappa shape index (κ1) is 19.8. The largest absolute Gasteiger partial charge is 0.309 e. The van der Waals surface area contributed by atoms with Gasteiger partial charge in [0.1, 0.15) is 5.82 Å². The van der Waals surface area contributed by atoms with Crippen molar-refractivity contribution in [3.63, 3.8) is 0 Å². The lowest BCUT2D eigenvalue weighted by molar-refractivity contribution is 0.568. The molecule has 0 aliphatic carbocycles. The van der Waals surface area contributed by atoms with Crippen LogP contribution in [0.4, 0.5) is 4.39 Å². The number of hydrogen-bond donors (Lipinski definition) is 2. The van der Waals surface area contributed by atoms with Crippen molar-refractivity contribution in [2.45, 2.75) is 38.7 Å². The van der Waals surface area contributed by atoms with Gasteiger partial charge >= 0.3 is 0 Å². The van der Waals surface area contributed by atoms with Crippen molar-refractivity contribution in [1.82, 2.24) is 10.0 Å². The van der Waals surface area contributed by atoms with Crippen molar-refractivity contribution in [1.29, 1.82) is 0 Å². The summed E-state index contributed by atoms with van der Waals surface area (Å²) in [5, 5.41) is 3.30. The Bertz CT molecular complexity index is 826. The molecule has 0 radical (unpaired) electrons. The molecule has 0 fully saturated rings. The third-order valence-corrected chi connectivity index (χ3v) is 5.34. The molecule has 0 aliphatic rings. The van der Waals surface area contributed by atoms with Gasteiger partial charge in [0.2, 0.25) is 10.0 Å². The van der Waals surface area contributed by atoms with Gasteiger partial charge in [-0.25, -0.2) is 17.5 Å². The second-order valence-corrected chi connectivity index (χ2v) is 8.31. The SMILES string of the molecule is CC(C)NS(=O)(=O)Cc1ccccc1CNCc1ccc(Cl)c(F)c1. The van der Waals surface area contributed by atoms with Crippen LogP contribution < -0.4 is 10.0 Å². The number of sulfonamides is 1. The monoisotopic (exact) mass is 384 g/mol. The average molecular weight is 385 g/mol. The van der Waals surface area contributed by atoms with E-state index in [1.165, 1.54) is 12.1 Å². The topological polar surface area (TPSA) is 58.2 Å². The molecule has 4 nitrogen and oxygen atoms in total. The van der Waals surface area contributed by atoms with Gasteiger partial charge in [-0.05, 0) is 42.7 Å². The van der Waals surface area contributed by atoms with E-state index < -0.39 is 15.8 Å². The van der Waals surface area contributed by atoms with E-state index in [2.05, 4.69) is 10.0 Å². The van der Waals surface area contributed by atoms with Crippen molar-refractivity contribution in [3.05, 3.63) is 70.0 Å². The van der Waals surface area contributed by atoms with Crippen molar-refractivity contribution < 1.29 is 12.8 Å². The molecule has 0 spiro atoms. The molecule has 0 amide bonds. The lowest BCUT2D eigenvalue weighted by Gasteiger charge is -2.13. The fourth-order valence-corrected chi connectivity index (χ4v) is 4.08. The third kappa shape index (κ3) is 6.40. The highest BCUT2D eigenvalue weighted by Crippen LogP contribution is 2.16. The zero-order valence-corrected chi connectivity index (χ0v) is 15.8. The number of benzene rings is 2. The number of rotatable bonds is 8. The summed E-state index contributed by atoms with van der Waals surface area (Å²) in [6.07, 6.45) is 0. The quantitative estimate of drug-likeness (QED) is 0.731. The molecule has 0 bridgehead atoms. The highest BCUT2D eigenvalue weighted by molar-refractivity contribution is 7.88. The maximum absolute atomic E-state index is 13.5. The molecule has 2 aromatic carbocycles. The van der Waals surface area contributed by atoms with Crippen molar-refractivity contribution >= 4 is 21.6 Å². The van der Waals surface area contributed by atoms with E-state index in [-0.39, 0.29) is 16.8 Å². The van der Waals surface area contributed by atoms with Crippen LogP contribution in [0.3, 0.4) is 0 Å². The normalized spacial score (nSPS) is 11.9. The van der Waals surface area contributed by atoms with E-state index in [0.717, 1.165) is 16.7 Å². The highest BCUT2D eigenvalue weighted by atomic mass is 35.5. The zero-order valence-electron chi connectivity index (χ0n) is 14.2. The van der Waals surface area contributed by atoms with Crippen LogP contribution in [0.5, 0.6) is 0 Å². The van der Waals surface area contributed by atoms with Crippen molar-refractivity contribution in [3.8, 4) is 0 Å². The summed E-state index contributed by atoms with van der Waals surface area (Å²) in [7, 11) is -3.39. The third-order valence-electron chi connectivity index (χ3n) is 3.51. The lowest BCUT2D eigenvalue weighted by atomic mass is 10.1. The highest BCUT2D eigenvalue weighted by Gasteiger charge is 2.15. The van der Waals surface area contributed by atoms with Crippen LogP contribution in [0.25, 0.3) is 0 Å². The van der Waals surface area contributed by atoms with Crippen LogP contribution in [-0.4, -0.2) is 14.5 Å². The Hall–Kier alpha value is -1.47. The summed E-state index contributed by atoms with van der Waals surface area (Å²) in [5.74, 6) is -0.522. The van der Waals surface area contributed by atoms with Gasteiger partial charge in [0.15, 0.2) is 0 Å².